The summed E-state index contributed by atoms with van der Waals surface area (Å²) in [5, 5.41) is 18.7. The molecule has 4 aromatic rings. The summed E-state index contributed by atoms with van der Waals surface area (Å²) < 4.78 is 7.64. The maximum atomic E-state index is 5.63. The Balaban J connectivity index is 1.51. The first-order valence-electron chi connectivity index (χ1n) is 10.4. The fourth-order valence-electron chi connectivity index (χ4n) is 4.52. The number of H-pyrrole nitrogens is 1. The van der Waals surface area contributed by atoms with Crippen molar-refractivity contribution in [2.45, 2.75) is 38.3 Å². The van der Waals surface area contributed by atoms with E-state index in [0.29, 0.717) is 11.9 Å². The minimum atomic E-state index is 0.101. The lowest BCUT2D eigenvalue weighted by molar-refractivity contribution is 0.0817. The standard InChI is InChI=1S/C20H21N9OS/c1-2-14-19-27-24-11-28(19)15-10-22-17(13-9-23-26-16(13)20-21-5-8-31-20)25-18(15)29(14)12-3-6-30-7-4-12/h5,8-12,14H,2-4,6-7H2,1H3,(H,23,26)/t14-/m1/s1. The van der Waals surface area contributed by atoms with E-state index in [1.165, 1.54) is 0 Å². The first-order chi connectivity index (χ1) is 15.3. The van der Waals surface area contributed by atoms with Crippen LogP contribution in [-0.4, -0.2) is 59.2 Å². The van der Waals surface area contributed by atoms with E-state index in [9.17, 15) is 0 Å². The molecular formula is C20H21N9OS. The van der Waals surface area contributed by atoms with Gasteiger partial charge in [0.15, 0.2) is 17.5 Å². The molecule has 4 aromatic heterocycles. The van der Waals surface area contributed by atoms with Gasteiger partial charge in [-0.2, -0.15) is 5.10 Å². The minimum Gasteiger partial charge on any atom is -0.381 e. The maximum Gasteiger partial charge on any atom is 0.165 e. The molecule has 11 heteroatoms. The quantitative estimate of drug-likeness (QED) is 0.521. The molecule has 0 aromatic carbocycles. The molecule has 6 heterocycles. The van der Waals surface area contributed by atoms with E-state index in [2.05, 4.69) is 37.2 Å². The van der Waals surface area contributed by atoms with Gasteiger partial charge in [-0.15, -0.1) is 21.5 Å². The number of rotatable bonds is 4. The van der Waals surface area contributed by atoms with Crippen LogP contribution < -0.4 is 4.90 Å². The maximum absolute atomic E-state index is 5.63. The van der Waals surface area contributed by atoms with Crippen molar-refractivity contribution in [1.29, 1.82) is 0 Å². The number of nitrogens with zero attached hydrogens (tertiary/aromatic N) is 8. The topological polar surface area (TPSA) is 111 Å². The van der Waals surface area contributed by atoms with Crippen LogP contribution in [0.1, 0.15) is 38.1 Å². The third kappa shape index (κ3) is 2.95. The van der Waals surface area contributed by atoms with Crippen LogP contribution in [0.5, 0.6) is 0 Å². The Morgan fingerprint density at radius 3 is 2.94 bits per heavy atom. The monoisotopic (exact) mass is 435 g/mol. The zero-order valence-electron chi connectivity index (χ0n) is 17.0. The lowest BCUT2D eigenvalue weighted by Crippen LogP contribution is -2.45. The van der Waals surface area contributed by atoms with Crippen LogP contribution >= 0.6 is 11.3 Å². The second kappa shape index (κ2) is 7.50. The van der Waals surface area contributed by atoms with Crippen molar-refractivity contribution in [2.24, 2.45) is 0 Å². The van der Waals surface area contributed by atoms with Gasteiger partial charge in [0.2, 0.25) is 0 Å². The van der Waals surface area contributed by atoms with Gasteiger partial charge in [-0.25, -0.2) is 15.0 Å². The Kier molecular flexibility index (Phi) is 4.50. The van der Waals surface area contributed by atoms with Gasteiger partial charge in [0.05, 0.1) is 24.0 Å². The highest BCUT2D eigenvalue weighted by atomic mass is 32.1. The summed E-state index contributed by atoms with van der Waals surface area (Å²) in [4.78, 5) is 16.6. The summed E-state index contributed by atoms with van der Waals surface area (Å²) in [6, 6.07) is 0.428. The number of fused-ring (bicyclic) bond motifs is 3. The van der Waals surface area contributed by atoms with Crippen molar-refractivity contribution in [3.63, 3.8) is 0 Å². The van der Waals surface area contributed by atoms with Crippen molar-refractivity contribution in [2.75, 3.05) is 18.1 Å². The van der Waals surface area contributed by atoms with Crippen LogP contribution in [-0.2, 0) is 4.74 Å². The fraction of sp³-hybridized carbons (Fsp3) is 0.400. The van der Waals surface area contributed by atoms with Crippen molar-refractivity contribution in [3.8, 4) is 27.8 Å². The van der Waals surface area contributed by atoms with E-state index >= 15 is 0 Å². The molecule has 1 N–H and O–H groups in total. The van der Waals surface area contributed by atoms with Gasteiger partial charge in [-0.05, 0) is 19.3 Å². The normalized spacial score (nSPS) is 18.7. The Morgan fingerprint density at radius 1 is 1.23 bits per heavy atom. The first-order valence-corrected chi connectivity index (χ1v) is 11.3. The highest BCUT2D eigenvalue weighted by molar-refractivity contribution is 7.13. The second-order valence-electron chi connectivity index (χ2n) is 7.63. The van der Waals surface area contributed by atoms with Gasteiger partial charge < -0.3 is 9.64 Å². The Hall–Kier alpha value is -3.18. The number of thiazole rings is 1. The van der Waals surface area contributed by atoms with Crippen LogP contribution in [0.15, 0.2) is 30.3 Å². The average Bonchev–Trinajstić information content (AvgIpc) is 3.59. The van der Waals surface area contributed by atoms with Crippen LogP contribution in [0.4, 0.5) is 5.82 Å². The number of aromatic amines is 1. The van der Waals surface area contributed by atoms with Crippen molar-refractivity contribution in [1.82, 2.24) is 39.9 Å². The third-order valence-electron chi connectivity index (χ3n) is 5.96. The van der Waals surface area contributed by atoms with E-state index in [0.717, 1.165) is 66.1 Å². The molecule has 158 valence electrons. The number of hydrogen-bond acceptors (Lipinski definition) is 9. The molecule has 0 radical (unpaired) electrons. The van der Waals surface area contributed by atoms with E-state index in [-0.39, 0.29) is 6.04 Å². The molecule has 0 bridgehead atoms. The number of hydrogen-bond donors (Lipinski definition) is 1. The third-order valence-corrected chi connectivity index (χ3v) is 6.75. The molecule has 1 fully saturated rings. The summed E-state index contributed by atoms with van der Waals surface area (Å²) in [7, 11) is 0. The zero-order valence-corrected chi connectivity index (χ0v) is 17.8. The summed E-state index contributed by atoms with van der Waals surface area (Å²) in [6.45, 7) is 3.70. The van der Waals surface area contributed by atoms with Gasteiger partial charge >= 0.3 is 0 Å². The molecule has 0 amide bonds. The molecule has 6 rings (SSSR count). The van der Waals surface area contributed by atoms with Gasteiger partial charge in [0.25, 0.3) is 0 Å². The highest BCUT2D eigenvalue weighted by Gasteiger charge is 2.38. The van der Waals surface area contributed by atoms with Crippen LogP contribution in [0.25, 0.3) is 27.8 Å². The molecular weight excluding hydrogens is 414 g/mol. The van der Waals surface area contributed by atoms with Gasteiger partial charge in [-0.1, -0.05) is 6.92 Å². The largest absolute Gasteiger partial charge is 0.381 e. The van der Waals surface area contributed by atoms with Gasteiger partial charge in [0, 0.05) is 30.8 Å². The lowest BCUT2D eigenvalue weighted by atomic mass is 10.0. The number of nitrogens with one attached hydrogen (secondary N) is 1. The van der Waals surface area contributed by atoms with Crippen molar-refractivity contribution >= 4 is 17.2 Å². The molecule has 0 saturated carbocycles. The number of ether oxygens (including phenoxy) is 1. The van der Waals surface area contributed by atoms with Gasteiger partial charge in [-0.3, -0.25) is 9.67 Å². The van der Waals surface area contributed by atoms with E-state index in [4.69, 9.17) is 14.7 Å². The average molecular weight is 436 g/mol. The molecule has 0 aliphatic carbocycles. The Morgan fingerprint density at radius 2 is 2.13 bits per heavy atom. The Bertz CT molecular complexity index is 1200. The zero-order chi connectivity index (χ0) is 20.8. The molecule has 1 atom stereocenters. The lowest BCUT2D eigenvalue weighted by Gasteiger charge is -2.43. The van der Waals surface area contributed by atoms with E-state index in [1.807, 2.05) is 16.1 Å². The smallest absolute Gasteiger partial charge is 0.165 e. The van der Waals surface area contributed by atoms with Crippen molar-refractivity contribution in [3.05, 3.63) is 36.1 Å². The predicted molar refractivity (Wildman–Crippen MR) is 115 cm³/mol. The van der Waals surface area contributed by atoms with E-state index < -0.39 is 0 Å². The minimum absolute atomic E-state index is 0.101. The number of anilines is 1. The van der Waals surface area contributed by atoms with Gasteiger partial charge in [0.1, 0.15) is 22.7 Å². The predicted octanol–water partition coefficient (Wildman–Crippen LogP) is 3.02. The van der Waals surface area contributed by atoms with Crippen LogP contribution in [0.3, 0.4) is 0 Å². The molecule has 1 saturated heterocycles. The molecule has 31 heavy (non-hydrogen) atoms. The Labute approximate surface area is 182 Å². The molecule has 10 nitrogen and oxygen atoms in total. The van der Waals surface area contributed by atoms with Crippen LogP contribution in [0.2, 0.25) is 0 Å². The number of aromatic nitrogens is 8. The van der Waals surface area contributed by atoms with Crippen LogP contribution in [0, 0.1) is 0 Å². The summed E-state index contributed by atoms with van der Waals surface area (Å²) in [5.41, 5.74) is 2.58. The fourth-order valence-corrected chi connectivity index (χ4v) is 5.17. The summed E-state index contributed by atoms with van der Waals surface area (Å²) >= 11 is 1.55. The molecule has 2 aliphatic heterocycles. The first kappa shape index (κ1) is 18.6. The van der Waals surface area contributed by atoms with Crippen molar-refractivity contribution < 1.29 is 4.74 Å². The SMILES string of the molecule is CC[C@@H]1c2nncn2-c2cnc(-c3cn[nH]c3-c3nccs3)nc2N1C1CCOCC1. The summed E-state index contributed by atoms with van der Waals surface area (Å²) in [5.74, 6) is 2.47. The highest BCUT2D eigenvalue weighted by Crippen LogP contribution is 2.42. The summed E-state index contributed by atoms with van der Waals surface area (Å²) in [6.07, 6.45) is 9.98. The molecule has 0 unspecified atom stereocenters. The molecule has 2 aliphatic rings. The molecule has 0 spiro atoms. The van der Waals surface area contributed by atoms with E-state index in [1.54, 1.807) is 30.1 Å². The second-order valence-corrected chi connectivity index (χ2v) is 8.53.